The van der Waals surface area contributed by atoms with Crippen LogP contribution < -0.4 is 0 Å². The van der Waals surface area contributed by atoms with Crippen LogP contribution >= 0.6 is 22.6 Å². The minimum absolute atomic E-state index is 0.271. The molecule has 1 rings (SSSR count). The predicted molar refractivity (Wildman–Crippen MR) is 72.1 cm³/mol. The van der Waals surface area contributed by atoms with Crippen LogP contribution in [0.4, 0.5) is 0 Å². The van der Waals surface area contributed by atoms with E-state index in [1.54, 1.807) is 18.2 Å². The molecule has 0 saturated heterocycles. The molecule has 0 radical (unpaired) electrons. The number of carboxylic acid groups (broad SMARTS) is 1. The molecule has 1 aromatic carbocycles. The van der Waals surface area contributed by atoms with Gasteiger partial charge in [-0.05, 0) is 46.2 Å². The van der Waals surface area contributed by atoms with E-state index in [2.05, 4.69) is 4.74 Å². The molecule has 5 nitrogen and oxygen atoms in total. The second-order valence-corrected chi connectivity index (χ2v) is 4.83. The van der Waals surface area contributed by atoms with Gasteiger partial charge in [-0.15, -0.1) is 0 Å². The van der Waals surface area contributed by atoms with E-state index in [1.807, 2.05) is 22.6 Å². The first-order valence-corrected chi connectivity index (χ1v) is 6.29. The Morgan fingerprint density at radius 1 is 1.44 bits per heavy atom. The molecule has 1 aromatic rings. The fourth-order valence-corrected chi connectivity index (χ4v) is 2.23. The van der Waals surface area contributed by atoms with Crippen molar-refractivity contribution < 1.29 is 24.5 Å². The Labute approximate surface area is 118 Å². The summed E-state index contributed by atoms with van der Waals surface area (Å²) in [4.78, 5) is 21.7. The van der Waals surface area contributed by atoms with Crippen LogP contribution in [0.15, 0.2) is 18.2 Å². The molecule has 18 heavy (non-hydrogen) atoms. The van der Waals surface area contributed by atoms with Crippen LogP contribution in [0.3, 0.4) is 0 Å². The van der Waals surface area contributed by atoms with E-state index < -0.39 is 12.1 Å². The van der Waals surface area contributed by atoms with Crippen molar-refractivity contribution in [3.05, 3.63) is 32.9 Å². The molecule has 6 heteroatoms. The van der Waals surface area contributed by atoms with Crippen molar-refractivity contribution in [1.29, 1.82) is 0 Å². The molecule has 0 aliphatic heterocycles. The summed E-state index contributed by atoms with van der Waals surface area (Å²) >= 11 is 2.05. The molecule has 0 bridgehead atoms. The van der Waals surface area contributed by atoms with Gasteiger partial charge in [-0.2, -0.15) is 0 Å². The Bertz CT molecular complexity index is 458. The Kier molecular flexibility index (Phi) is 5.54. The Hall–Kier alpha value is -1.15. The number of ether oxygens (including phenoxy) is 1. The number of rotatable bonds is 5. The van der Waals surface area contributed by atoms with Gasteiger partial charge in [-0.25, -0.2) is 4.79 Å². The highest BCUT2D eigenvalue weighted by atomic mass is 127. The van der Waals surface area contributed by atoms with E-state index >= 15 is 0 Å². The van der Waals surface area contributed by atoms with Gasteiger partial charge in [0.15, 0.2) is 6.10 Å². The monoisotopic (exact) mass is 364 g/mol. The number of aryl methyl sites for hydroxylation is 1. The normalized spacial score (nSPS) is 11.9. The summed E-state index contributed by atoms with van der Waals surface area (Å²) in [5.74, 6) is -1.58. The highest BCUT2D eigenvalue weighted by Gasteiger charge is 2.16. The highest BCUT2D eigenvalue weighted by Crippen LogP contribution is 2.21. The maximum atomic E-state index is 11.0. The number of hydrogen-bond acceptors (Lipinski definition) is 4. The Balaban J connectivity index is 2.80. The second kappa shape index (κ2) is 6.69. The molecule has 0 fully saturated rings. The molecule has 0 aromatic heterocycles. The van der Waals surface area contributed by atoms with Gasteiger partial charge in [0.05, 0.1) is 7.11 Å². The number of methoxy groups -OCH3 is 1. The van der Waals surface area contributed by atoms with Gasteiger partial charge < -0.3 is 14.9 Å². The molecular formula is C12H13IO5. The smallest absolute Gasteiger partial charge is 0.337 e. The molecule has 0 amide bonds. The fraction of sp³-hybridized carbons (Fsp3) is 0.333. The standard InChI is InChI=1S/C12H13IO5/c1-18-10(14)5-4-7-2-3-8(6-9(7)13)11(15)12(16)17/h2-3,6,11,15H,4-5H2,1H3,(H,16,17). The molecule has 98 valence electrons. The zero-order valence-corrected chi connectivity index (χ0v) is 11.9. The average molecular weight is 364 g/mol. The second-order valence-electron chi connectivity index (χ2n) is 3.67. The number of carbonyl (C=O) groups is 2. The van der Waals surface area contributed by atoms with Crippen LogP contribution in [0, 0.1) is 3.57 Å². The minimum atomic E-state index is -1.52. The number of halogens is 1. The number of hydrogen-bond donors (Lipinski definition) is 2. The molecule has 0 aliphatic rings. The Morgan fingerprint density at radius 3 is 2.61 bits per heavy atom. The summed E-state index contributed by atoms with van der Waals surface area (Å²) < 4.78 is 5.36. The van der Waals surface area contributed by atoms with Crippen molar-refractivity contribution in [3.8, 4) is 0 Å². The van der Waals surface area contributed by atoms with Crippen molar-refractivity contribution >= 4 is 34.5 Å². The predicted octanol–water partition coefficient (Wildman–Crippen LogP) is 1.51. The van der Waals surface area contributed by atoms with E-state index in [-0.39, 0.29) is 12.4 Å². The van der Waals surface area contributed by atoms with Crippen molar-refractivity contribution in [1.82, 2.24) is 0 Å². The average Bonchev–Trinajstić information content (AvgIpc) is 2.35. The summed E-state index contributed by atoms with van der Waals surface area (Å²) in [5.41, 5.74) is 1.25. The van der Waals surface area contributed by atoms with Crippen LogP contribution in [-0.2, 0) is 20.7 Å². The topological polar surface area (TPSA) is 83.8 Å². The molecule has 0 aliphatic carbocycles. The van der Waals surface area contributed by atoms with Crippen LogP contribution in [0.2, 0.25) is 0 Å². The number of aliphatic hydroxyl groups is 1. The van der Waals surface area contributed by atoms with Crippen molar-refractivity contribution in [2.75, 3.05) is 7.11 Å². The number of carboxylic acids is 1. The third-order valence-electron chi connectivity index (χ3n) is 2.45. The molecule has 0 saturated carbocycles. The Morgan fingerprint density at radius 2 is 2.11 bits per heavy atom. The number of esters is 1. The maximum absolute atomic E-state index is 11.0. The first kappa shape index (κ1) is 14.9. The van der Waals surface area contributed by atoms with Gasteiger partial charge in [0, 0.05) is 9.99 Å². The van der Waals surface area contributed by atoms with Crippen LogP contribution in [0.1, 0.15) is 23.7 Å². The summed E-state index contributed by atoms with van der Waals surface area (Å²) in [7, 11) is 1.33. The zero-order chi connectivity index (χ0) is 13.7. The maximum Gasteiger partial charge on any atom is 0.337 e. The lowest BCUT2D eigenvalue weighted by Crippen LogP contribution is -2.11. The number of benzene rings is 1. The van der Waals surface area contributed by atoms with Gasteiger partial charge in [0.25, 0.3) is 0 Å². The van der Waals surface area contributed by atoms with E-state index in [4.69, 9.17) is 5.11 Å². The summed E-state index contributed by atoms with van der Waals surface area (Å²) in [5, 5.41) is 18.1. The molecule has 1 unspecified atom stereocenters. The van der Waals surface area contributed by atoms with Gasteiger partial charge in [-0.1, -0.05) is 12.1 Å². The van der Waals surface area contributed by atoms with E-state index in [0.29, 0.717) is 12.0 Å². The van der Waals surface area contributed by atoms with Crippen LogP contribution in [-0.4, -0.2) is 29.3 Å². The molecular weight excluding hydrogens is 351 g/mol. The third kappa shape index (κ3) is 3.95. The molecule has 0 heterocycles. The SMILES string of the molecule is COC(=O)CCc1ccc(C(O)C(=O)O)cc1I. The summed E-state index contributed by atoms with van der Waals surface area (Å²) in [6.45, 7) is 0. The van der Waals surface area contributed by atoms with Crippen molar-refractivity contribution in [2.45, 2.75) is 18.9 Å². The molecule has 0 spiro atoms. The largest absolute Gasteiger partial charge is 0.479 e. The lowest BCUT2D eigenvalue weighted by atomic mass is 10.0. The van der Waals surface area contributed by atoms with E-state index in [1.165, 1.54) is 7.11 Å². The molecule has 2 N–H and O–H groups in total. The number of carbonyl (C=O) groups excluding carboxylic acids is 1. The van der Waals surface area contributed by atoms with E-state index in [0.717, 1.165) is 9.13 Å². The lowest BCUT2D eigenvalue weighted by Gasteiger charge is -2.09. The summed E-state index contributed by atoms with van der Waals surface area (Å²) in [6, 6.07) is 4.87. The third-order valence-corrected chi connectivity index (χ3v) is 3.46. The fourth-order valence-electron chi connectivity index (χ4n) is 1.42. The van der Waals surface area contributed by atoms with Gasteiger partial charge in [-0.3, -0.25) is 4.79 Å². The van der Waals surface area contributed by atoms with Crippen LogP contribution in [0.25, 0.3) is 0 Å². The first-order valence-electron chi connectivity index (χ1n) is 5.21. The minimum Gasteiger partial charge on any atom is -0.479 e. The summed E-state index contributed by atoms with van der Waals surface area (Å²) in [6.07, 6.45) is -0.727. The van der Waals surface area contributed by atoms with Crippen molar-refractivity contribution in [3.63, 3.8) is 0 Å². The zero-order valence-electron chi connectivity index (χ0n) is 9.72. The van der Waals surface area contributed by atoms with Crippen LogP contribution in [0.5, 0.6) is 0 Å². The van der Waals surface area contributed by atoms with Gasteiger partial charge >= 0.3 is 11.9 Å². The van der Waals surface area contributed by atoms with Gasteiger partial charge in [0.2, 0.25) is 0 Å². The quantitative estimate of drug-likeness (QED) is 0.612. The first-order chi connectivity index (χ1) is 8.45. The van der Waals surface area contributed by atoms with Gasteiger partial charge in [0.1, 0.15) is 0 Å². The van der Waals surface area contributed by atoms with E-state index in [9.17, 15) is 14.7 Å². The highest BCUT2D eigenvalue weighted by molar-refractivity contribution is 14.1. The number of aliphatic carboxylic acids is 1. The lowest BCUT2D eigenvalue weighted by molar-refractivity contribution is -0.147. The van der Waals surface area contributed by atoms with Crippen molar-refractivity contribution in [2.24, 2.45) is 0 Å². The molecule has 1 atom stereocenters. The number of aliphatic hydroxyl groups excluding tert-OH is 1.